The fourth-order valence-corrected chi connectivity index (χ4v) is 1.97. The van der Waals surface area contributed by atoms with Crippen molar-refractivity contribution >= 4 is 17.3 Å². The van der Waals surface area contributed by atoms with Crippen molar-refractivity contribution in [2.75, 3.05) is 11.9 Å². The predicted molar refractivity (Wildman–Crippen MR) is 72.9 cm³/mol. The first-order valence-electron chi connectivity index (χ1n) is 5.73. The first-order valence-corrected chi connectivity index (χ1v) is 6.11. The molecule has 5 heteroatoms. The van der Waals surface area contributed by atoms with E-state index in [4.69, 9.17) is 21.3 Å². The molecule has 0 radical (unpaired) electrons. The van der Waals surface area contributed by atoms with Crippen LogP contribution in [-0.4, -0.2) is 11.7 Å². The van der Waals surface area contributed by atoms with Crippen molar-refractivity contribution in [1.82, 2.24) is 0 Å². The zero-order valence-electron chi connectivity index (χ0n) is 10.4. The van der Waals surface area contributed by atoms with Gasteiger partial charge < -0.3 is 14.8 Å². The molecule has 0 aliphatic rings. The van der Waals surface area contributed by atoms with Gasteiger partial charge in [0, 0.05) is 0 Å². The molecule has 0 aliphatic carbocycles. The maximum Gasteiger partial charge on any atom is 0.136 e. The van der Waals surface area contributed by atoms with E-state index in [0.717, 1.165) is 0 Å². The van der Waals surface area contributed by atoms with Crippen molar-refractivity contribution in [2.45, 2.75) is 12.5 Å². The average molecular weight is 277 g/mol. The zero-order valence-corrected chi connectivity index (χ0v) is 11.1. The number of nitriles is 1. The number of nitrogens with zero attached hydrogens (tertiary/aromatic N) is 1. The van der Waals surface area contributed by atoms with Gasteiger partial charge in [-0.25, -0.2) is 0 Å². The third-order valence-electron chi connectivity index (χ3n) is 2.80. The summed E-state index contributed by atoms with van der Waals surface area (Å²) in [7, 11) is 0. The molecule has 19 heavy (non-hydrogen) atoms. The number of rotatable bonds is 4. The smallest absolute Gasteiger partial charge is 0.136 e. The molecule has 0 fully saturated rings. The number of anilines is 1. The topological polar surface area (TPSA) is 69.2 Å². The fourth-order valence-electron chi connectivity index (χ4n) is 1.73. The molecule has 4 nitrogen and oxygen atoms in total. The standard InChI is InChI=1S/C14H13ClN2O2/c1-14(18,12-6-3-7-19-12)9-17-13-10(8-16)4-2-5-11(13)15/h2-7,17-18H,9H2,1H3. The first kappa shape index (κ1) is 13.5. The van der Waals surface area contributed by atoms with Crippen LogP contribution in [0.1, 0.15) is 18.2 Å². The Kier molecular flexibility index (Phi) is 3.79. The average Bonchev–Trinajstić information content (AvgIpc) is 2.91. The minimum Gasteiger partial charge on any atom is -0.466 e. The summed E-state index contributed by atoms with van der Waals surface area (Å²) in [5.41, 5.74) is -0.240. The quantitative estimate of drug-likeness (QED) is 0.900. The van der Waals surface area contributed by atoms with Crippen LogP contribution in [0.15, 0.2) is 41.0 Å². The molecule has 0 amide bonds. The van der Waals surface area contributed by atoms with E-state index < -0.39 is 5.60 Å². The maximum absolute atomic E-state index is 10.3. The second-order valence-electron chi connectivity index (χ2n) is 4.38. The lowest BCUT2D eigenvalue weighted by Gasteiger charge is -2.22. The van der Waals surface area contributed by atoms with Crippen molar-refractivity contribution in [3.05, 3.63) is 52.9 Å². The van der Waals surface area contributed by atoms with Crippen molar-refractivity contribution in [3.8, 4) is 6.07 Å². The lowest BCUT2D eigenvalue weighted by molar-refractivity contribution is 0.0476. The molecule has 0 saturated heterocycles. The van der Waals surface area contributed by atoms with Gasteiger partial charge in [0.05, 0.1) is 29.1 Å². The minimum absolute atomic E-state index is 0.179. The van der Waals surface area contributed by atoms with Crippen molar-refractivity contribution in [1.29, 1.82) is 5.26 Å². The van der Waals surface area contributed by atoms with Crippen LogP contribution in [0, 0.1) is 11.3 Å². The van der Waals surface area contributed by atoms with Gasteiger partial charge in [0.2, 0.25) is 0 Å². The summed E-state index contributed by atoms with van der Waals surface area (Å²) in [6, 6.07) is 10.5. The molecule has 0 spiro atoms. The Bertz CT molecular complexity index is 600. The number of aliphatic hydroxyl groups is 1. The Balaban J connectivity index is 2.18. The van der Waals surface area contributed by atoms with E-state index >= 15 is 0 Å². The lowest BCUT2D eigenvalue weighted by atomic mass is 10.0. The second-order valence-corrected chi connectivity index (χ2v) is 4.79. The Labute approximate surface area is 116 Å². The number of hydrogen-bond donors (Lipinski definition) is 2. The molecule has 1 heterocycles. The van der Waals surface area contributed by atoms with Gasteiger partial charge in [-0.1, -0.05) is 17.7 Å². The third kappa shape index (κ3) is 2.90. The summed E-state index contributed by atoms with van der Waals surface area (Å²) < 4.78 is 5.19. The van der Waals surface area contributed by atoms with Gasteiger partial charge in [-0.15, -0.1) is 0 Å². The summed E-state index contributed by atoms with van der Waals surface area (Å²) in [4.78, 5) is 0. The Hall–Kier alpha value is -1.96. The highest BCUT2D eigenvalue weighted by atomic mass is 35.5. The number of nitrogens with one attached hydrogen (secondary N) is 1. The molecular formula is C14H13ClN2O2. The number of halogens is 1. The Morgan fingerprint density at radius 1 is 1.42 bits per heavy atom. The molecule has 0 aliphatic heterocycles. The van der Waals surface area contributed by atoms with Gasteiger partial charge in [-0.05, 0) is 31.2 Å². The lowest BCUT2D eigenvalue weighted by Crippen LogP contribution is -2.30. The van der Waals surface area contributed by atoms with Crippen molar-refractivity contribution in [3.63, 3.8) is 0 Å². The molecule has 2 aromatic rings. The zero-order chi connectivity index (χ0) is 13.9. The van der Waals surface area contributed by atoms with E-state index in [1.54, 1.807) is 37.3 Å². The van der Waals surface area contributed by atoms with E-state index in [0.29, 0.717) is 22.0 Å². The van der Waals surface area contributed by atoms with Crippen LogP contribution in [0.2, 0.25) is 5.02 Å². The van der Waals surface area contributed by atoms with Crippen molar-refractivity contribution in [2.24, 2.45) is 0 Å². The van der Waals surface area contributed by atoms with Crippen LogP contribution in [0.5, 0.6) is 0 Å². The fraction of sp³-hybridized carbons (Fsp3) is 0.214. The molecule has 1 aromatic heterocycles. The summed E-state index contributed by atoms with van der Waals surface area (Å²) in [5, 5.41) is 22.8. The van der Waals surface area contributed by atoms with Gasteiger partial charge in [-0.3, -0.25) is 0 Å². The minimum atomic E-state index is -1.19. The highest BCUT2D eigenvalue weighted by Gasteiger charge is 2.26. The molecule has 2 rings (SSSR count). The van der Waals surface area contributed by atoms with Gasteiger partial charge in [0.15, 0.2) is 0 Å². The normalized spacial score (nSPS) is 13.6. The van der Waals surface area contributed by atoms with Gasteiger partial charge in [0.25, 0.3) is 0 Å². The largest absolute Gasteiger partial charge is 0.466 e. The highest BCUT2D eigenvalue weighted by molar-refractivity contribution is 6.33. The molecule has 0 saturated carbocycles. The second kappa shape index (κ2) is 5.35. The number of hydrogen-bond acceptors (Lipinski definition) is 4. The monoisotopic (exact) mass is 276 g/mol. The summed E-state index contributed by atoms with van der Waals surface area (Å²) >= 11 is 6.04. The SMILES string of the molecule is CC(O)(CNc1c(Cl)cccc1C#N)c1ccco1. The Morgan fingerprint density at radius 3 is 2.84 bits per heavy atom. The summed E-state index contributed by atoms with van der Waals surface area (Å²) in [6.45, 7) is 1.81. The van der Waals surface area contributed by atoms with Gasteiger partial charge in [0.1, 0.15) is 17.4 Å². The molecular weight excluding hydrogens is 264 g/mol. The van der Waals surface area contributed by atoms with Crippen LogP contribution in [0.4, 0.5) is 5.69 Å². The third-order valence-corrected chi connectivity index (χ3v) is 3.11. The van der Waals surface area contributed by atoms with E-state index in [-0.39, 0.29) is 6.54 Å². The maximum atomic E-state index is 10.3. The molecule has 1 atom stereocenters. The van der Waals surface area contributed by atoms with Gasteiger partial charge >= 0.3 is 0 Å². The van der Waals surface area contributed by atoms with Crippen LogP contribution in [-0.2, 0) is 5.60 Å². The highest BCUT2D eigenvalue weighted by Crippen LogP contribution is 2.28. The van der Waals surface area contributed by atoms with Crippen LogP contribution >= 0.6 is 11.6 Å². The number of furan rings is 1. The first-order chi connectivity index (χ1) is 9.04. The van der Waals surface area contributed by atoms with Crippen LogP contribution in [0.3, 0.4) is 0 Å². The predicted octanol–water partition coefficient (Wildman–Crippen LogP) is 3.12. The van der Waals surface area contributed by atoms with Crippen molar-refractivity contribution < 1.29 is 9.52 Å². The van der Waals surface area contributed by atoms with Gasteiger partial charge in [-0.2, -0.15) is 5.26 Å². The van der Waals surface area contributed by atoms with E-state index in [9.17, 15) is 5.11 Å². The van der Waals surface area contributed by atoms with E-state index in [2.05, 4.69) is 11.4 Å². The Morgan fingerprint density at radius 2 is 2.21 bits per heavy atom. The number of benzene rings is 1. The summed E-state index contributed by atoms with van der Waals surface area (Å²) in [5.74, 6) is 0.450. The molecule has 2 N–H and O–H groups in total. The molecule has 1 unspecified atom stereocenters. The molecule has 0 bridgehead atoms. The number of para-hydroxylation sites is 1. The van der Waals surface area contributed by atoms with E-state index in [1.165, 1.54) is 6.26 Å². The van der Waals surface area contributed by atoms with E-state index in [1.807, 2.05) is 0 Å². The van der Waals surface area contributed by atoms with Crippen LogP contribution < -0.4 is 5.32 Å². The molecule has 98 valence electrons. The summed E-state index contributed by atoms with van der Waals surface area (Å²) in [6.07, 6.45) is 1.50. The molecule has 1 aromatic carbocycles. The van der Waals surface area contributed by atoms with Crippen LogP contribution in [0.25, 0.3) is 0 Å².